The van der Waals surface area contributed by atoms with Crippen LogP contribution >= 0.6 is 21.9 Å². The summed E-state index contributed by atoms with van der Waals surface area (Å²) < 4.78 is 46.2. The molecule has 1 aromatic heterocycles. The molecule has 2 rings (SSSR count). The Kier molecular flexibility index (Phi) is 15.3. The second-order valence-corrected chi connectivity index (χ2v) is 10.9. The molecule has 3 nitrogen and oxygen atoms in total. The van der Waals surface area contributed by atoms with Crippen LogP contribution in [-0.4, -0.2) is 17.2 Å². The monoisotopic (exact) mass is 591 g/mol. The molecule has 0 saturated carbocycles. The molecule has 0 fully saturated rings. The molecule has 0 N–H and O–H groups in total. The summed E-state index contributed by atoms with van der Waals surface area (Å²) in [6.45, 7) is 14.3. The summed E-state index contributed by atoms with van der Waals surface area (Å²) in [5.74, 6) is 0.148. The van der Waals surface area contributed by atoms with Crippen molar-refractivity contribution in [3.8, 4) is 0 Å². The van der Waals surface area contributed by atoms with Gasteiger partial charge in [0.25, 0.3) is 5.66 Å². The molecule has 40 heavy (non-hydrogen) atoms. The van der Waals surface area contributed by atoms with Gasteiger partial charge >= 0.3 is 0 Å². The van der Waals surface area contributed by atoms with E-state index in [-0.39, 0.29) is 28.6 Å². The SMILES string of the molecule is C=C(S)C/C(C)=C(/N=C(C)/C(=C\C(=C/C)c1ccoc1)C(F)(F)P)C(C)=O.CCCC(CC)c1ccc(F)cc1. The van der Waals surface area contributed by atoms with Crippen molar-refractivity contribution in [3.05, 3.63) is 100 Å². The maximum absolute atomic E-state index is 14.3. The Bertz CT molecular complexity index is 1240. The maximum Gasteiger partial charge on any atom is 0.285 e. The number of thiol groups is 1. The van der Waals surface area contributed by atoms with Crippen LogP contribution in [0.1, 0.15) is 84.3 Å². The van der Waals surface area contributed by atoms with Crippen molar-refractivity contribution < 1.29 is 22.4 Å². The smallest absolute Gasteiger partial charge is 0.285 e. The lowest BCUT2D eigenvalue weighted by atomic mass is 9.92. The fraction of sp³-hybridized carbons (Fsp3) is 0.375. The minimum Gasteiger partial charge on any atom is -0.472 e. The molecule has 2 aromatic rings. The first kappa shape index (κ1) is 35.4. The van der Waals surface area contributed by atoms with Gasteiger partial charge in [-0.3, -0.25) is 4.79 Å². The van der Waals surface area contributed by atoms with Crippen molar-refractivity contribution in [1.29, 1.82) is 0 Å². The summed E-state index contributed by atoms with van der Waals surface area (Å²) in [5, 5.41) is 0. The van der Waals surface area contributed by atoms with E-state index in [1.807, 2.05) is 12.1 Å². The average molecular weight is 592 g/mol. The first-order chi connectivity index (χ1) is 18.7. The molecule has 0 spiro atoms. The quantitative estimate of drug-likeness (QED) is 0.0877. The lowest BCUT2D eigenvalue weighted by Crippen LogP contribution is -2.17. The first-order valence-corrected chi connectivity index (χ1v) is 14.2. The number of hydrogen-bond donors (Lipinski definition) is 1. The molecule has 2 unspecified atom stereocenters. The second kappa shape index (κ2) is 17.2. The van der Waals surface area contributed by atoms with Gasteiger partial charge in [-0.05, 0) is 85.4 Å². The number of aliphatic imine (C=N–C) groups is 1. The number of hydrogen-bond acceptors (Lipinski definition) is 4. The van der Waals surface area contributed by atoms with Crippen molar-refractivity contribution in [2.45, 2.75) is 78.8 Å². The summed E-state index contributed by atoms with van der Waals surface area (Å²) in [5.41, 5.74) is -0.237. The Morgan fingerprint density at radius 1 is 1.18 bits per heavy atom. The minimum atomic E-state index is -3.23. The van der Waals surface area contributed by atoms with Crippen molar-refractivity contribution in [2.24, 2.45) is 4.99 Å². The van der Waals surface area contributed by atoms with Gasteiger partial charge < -0.3 is 4.42 Å². The van der Waals surface area contributed by atoms with Crippen molar-refractivity contribution >= 4 is 38.9 Å². The number of carbonyl (C=O) groups excluding carboxylic acids is 1. The largest absolute Gasteiger partial charge is 0.472 e. The van der Waals surface area contributed by atoms with Crippen LogP contribution in [0.3, 0.4) is 0 Å². The molecule has 0 aliphatic heterocycles. The molecule has 0 saturated heterocycles. The molecule has 8 heteroatoms. The highest BCUT2D eigenvalue weighted by Crippen LogP contribution is 2.35. The summed E-state index contributed by atoms with van der Waals surface area (Å²) in [7, 11) is 1.52. The van der Waals surface area contributed by atoms with Gasteiger partial charge in [0.05, 0.1) is 12.5 Å². The van der Waals surface area contributed by atoms with Crippen LogP contribution < -0.4 is 0 Å². The van der Waals surface area contributed by atoms with Crippen LogP contribution in [0.4, 0.5) is 13.2 Å². The fourth-order valence-corrected chi connectivity index (χ4v) is 4.67. The molecule has 0 bridgehead atoms. The third kappa shape index (κ3) is 11.9. The van der Waals surface area contributed by atoms with E-state index in [4.69, 9.17) is 4.42 Å². The summed E-state index contributed by atoms with van der Waals surface area (Å²) in [6, 6.07) is 8.58. The number of Topliss-reactive ketones (excluding diaryl/α,β-unsaturated/α-hetero) is 1. The van der Waals surface area contributed by atoms with E-state index < -0.39 is 5.66 Å². The topological polar surface area (TPSA) is 42.6 Å². The number of benzene rings is 1. The van der Waals surface area contributed by atoms with E-state index in [1.165, 1.54) is 60.1 Å². The first-order valence-electron chi connectivity index (χ1n) is 13.2. The van der Waals surface area contributed by atoms with Crippen LogP contribution in [0.15, 0.2) is 92.7 Å². The van der Waals surface area contributed by atoms with Crippen LogP contribution in [-0.2, 0) is 4.79 Å². The lowest BCUT2D eigenvalue weighted by Gasteiger charge is -2.17. The van der Waals surface area contributed by atoms with Crippen LogP contribution in [0.5, 0.6) is 0 Å². The van der Waals surface area contributed by atoms with E-state index in [1.54, 1.807) is 38.1 Å². The molecule has 0 radical (unpaired) electrons. The zero-order valence-electron chi connectivity index (χ0n) is 24.2. The Morgan fingerprint density at radius 3 is 2.23 bits per heavy atom. The standard InChI is InChI=1S/C20H24F2NO2PS.C12H17F/c1-6-16(17-7-8-25-11-17)10-18(20(21,22)26)14(4)23-19(15(5)24)12(2)9-13(3)27;1-3-5-10(4-2)11-6-8-12(13)9-7-11/h6-8,10-11,27H,3,9,26H2,1-2,4-5H3;6-10H,3-5H2,1-2H3/b16-6+,18-10+,19-12+,23-14+;. The molecule has 218 valence electrons. The summed E-state index contributed by atoms with van der Waals surface area (Å²) >= 11 is 4.13. The zero-order chi connectivity index (χ0) is 30.5. The van der Waals surface area contributed by atoms with E-state index in [0.717, 1.165) is 6.42 Å². The van der Waals surface area contributed by atoms with Crippen molar-refractivity contribution in [2.75, 3.05) is 0 Å². The number of rotatable bonds is 12. The maximum atomic E-state index is 14.3. The van der Waals surface area contributed by atoms with Gasteiger partial charge in [-0.2, -0.15) is 8.78 Å². The third-order valence-electron chi connectivity index (χ3n) is 6.17. The minimum absolute atomic E-state index is 0.0483. The molecule has 0 aliphatic carbocycles. The van der Waals surface area contributed by atoms with Crippen LogP contribution in [0.2, 0.25) is 0 Å². The molecular formula is C32H41F3NO2PS. The number of carbonyl (C=O) groups is 1. The van der Waals surface area contributed by atoms with Gasteiger partial charge in [0.15, 0.2) is 5.78 Å². The highest BCUT2D eigenvalue weighted by Gasteiger charge is 2.30. The van der Waals surface area contributed by atoms with E-state index in [2.05, 4.69) is 38.0 Å². The molecule has 0 aliphatic rings. The fourth-order valence-electron chi connectivity index (χ4n) is 4.14. The van der Waals surface area contributed by atoms with Crippen molar-refractivity contribution in [1.82, 2.24) is 0 Å². The Hall–Kier alpha value is -2.63. The van der Waals surface area contributed by atoms with Gasteiger partial charge in [-0.1, -0.05) is 54.3 Å². The van der Waals surface area contributed by atoms with Gasteiger partial charge in [0.2, 0.25) is 0 Å². The summed E-state index contributed by atoms with van der Waals surface area (Å²) in [4.78, 5) is 16.8. The van der Waals surface area contributed by atoms with E-state index in [9.17, 15) is 18.0 Å². The summed E-state index contributed by atoms with van der Waals surface area (Å²) in [6.07, 6.45) is 9.86. The zero-order valence-corrected chi connectivity index (χ0v) is 26.3. The molecule has 0 amide bonds. The Balaban J connectivity index is 0.000000512. The van der Waals surface area contributed by atoms with Crippen molar-refractivity contribution in [3.63, 3.8) is 0 Å². The second-order valence-electron chi connectivity index (χ2n) is 9.51. The number of halogens is 3. The molecule has 1 aromatic carbocycles. The Morgan fingerprint density at radius 2 is 1.80 bits per heavy atom. The van der Waals surface area contributed by atoms with E-state index >= 15 is 0 Å². The van der Waals surface area contributed by atoms with Gasteiger partial charge in [0, 0.05) is 30.2 Å². The third-order valence-corrected chi connectivity index (χ3v) is 6.64. The molecule has 2 atom stereocenters. The van der Waals surface area contributed by atoms with Gasteiger partial charge in [-0.15, -0.1) is 12.6 Å². The van der Waals surface area contributed by atoms with Gasteiger partial charge in [0.1, 0.15) is 11.5 Å². The Labute approximate surface area is 245 Å². The highest BCUT2D eigenvalue weighted by atomic mass is 32.1. The van der Waals surface area contributed by atoms with Crippen LogP contribution in [0.25, 0.3) is 5.57 Å². The molecule has 1 heterocycles. The highest BCUT2D eigenvalue weighted by molar-refractivity contribution is 7.84. The average Bonchev–Trinajstić information content (AvgIpc) is 3.40. The number of furan rings is 1. The predicted octanol–water partition coefficient (Wildman–Crippen LogP) is 10.4. The normalized spacial score (nSPS) is 14.2. The number of alkyl halides is 2. The van der Waals surface area contributed by atoms with E-state index in [0.29, 0.717) is 34.0 Å². The predicted molar refractivity (Wildman–Crippen MR) is 169 cm³/mol. The van der Waals surface area contributed by atoms with Crippen LogP contribution in [0, 0.1) is 5.82 Å². The van der Waals surface area contributed by atoms with Gasteiger partial charge in [-0.25, -0.2) is 9.38 Å². The number of allylic oxidation sites excluding steroid dienone is 7. The number of nitrogens with zero attached hydrogens (tertiary/aromatic N) is 1. The number of ketones is 1. The molecular weight excluding hydrogens is 550 g/mol. The lowest BCUT2D eigenvalue weighted by molar-refractivity contribution is -0.113.